The topological polar surface area (TPSA) is 136 Å². The van der Waals surface area contributed by atoms with Gasteiger partial charge >= 0.3 is 6.09 Å². The quantitative estimate of drug-likeness (QED) is 0.280. The summed E-state index contributed by atoms with van der Waals surface area (Å²) in [6, 6.07) is 8.15. The average Bonchev–Trinajstić information content (AvgIpc) is 2.80. The molecule has 0 atom stereocenters. The van der Waals surface area contributed by atoms with E-state index in [4.69, 9.17) is 27.9 Å². The highest BCUT2D eigenvalue weighted by atomic mass is 35.5. The van der Waals surface area contributed by atoms with Gasteiger partial charge in [-0.1, -0.05) is 23.2 Å². The predicted molar refractivity (Wildman–Crippen MR) is 135 cm³/mol. The number of ether oxygens (including phenoxy) is 1. The molecule has 2 aromatic rings. The number of nitro groups is 2. The van der Waals surface area contributed by atoms with Crippen LogP contribution in [0.4, 0.5) is 16.2 Å². The maximum absolute atomic E-state index is 12.0. The Labute approximate surface area is 217 Å². The van der Waals surface area contributed by atoms with Gasteiger partial charge in [-0.2, -0.15) is 0 Å². The Hall–Kier alpha value is -3.28. The van der Waals surface area contributed by atoms with E-state index in [1.54, 1.807) is 11.0 Å². The number of hydrogen-bond acceptors (Lipinski definition) is 8. The Morgan fingerprint density at radius 2 is 1.50 bits per heavy atom. The number of piperazine rings is 1. The number of carbonyl (C=O) groups is 2. The Balaban J connectivity index is 0.000000319. The van der Waals surface area contributed by atoms with Crippen LogP contribution in [0.1, 0.15) is 36.7 Å². The van der Waals surface area contributed by atoms with Crippen LogP contribution in [-0.4, -0.2) is 63.8 Å². The molecular weight excluding hydrogens is 515 g/mol. The smallest absolute Gasteiger partial charge is 0.410 e. The van der Waals surface area contributed by atoms with E-state index in [0.29, 0.717) is 44.0 Å². The molecule has 1 amide bonds. The predicted octanol–water partition coefficient (Wildman–Crippen LogP) is 5.36. The van der Waals surface area contributed by atoms with Gasteiger partial charge in [0.05, 0.1) is 14.9 Å². The normalized spacial score (nSPS) is 13.9. The largest absolute Gasteiger partial charge is 0.444 e. The number of benzene rings is 2. The summed E-state index contributed by atoms with van der Waals surface area (Å²) in [6.45, 7) is 8.48. The highest BCUT2D eigenvalue weighted by Gasteiger charge is 2.26. The molecule has 1 aliphatic rings. The van der Waals surface area contributed by atoms with E-state index in [1.807, 2.05) is 20.8 Å². The van der Waals surface area contributed by atoms with Crippen LogP contribution in [0.5, 0.6) is 0 Å². The van der Waals surface area contributed by atoms with Crippen molar-refractivity contribution in [3.05, 3.63) is 77.8 Å². The zero-order chi connectivity index (χ0) is 27.0. The van der Waals surface area contributed by atoms with E-state index in [2.05, 4.69) is 4.90 Å². The number of hydrogen-bond donors (Lipinski definition) is 0. The number of aldehydes is 1. The van der Waals surface area contributed by atoms with Gasteiger partial charge in [0.15, 0.2) is 6.29 Å². The number of amides is 1. The fourth-order valence-corrected chi connectivity index (χ4v) is 3.53. The van der Waals surface area contributed by atoms with Crippen molar-refractivity contribution >= 4 is 47.0 Å². The fourth-order valence-electron chi connectivity index (χ4n) is 3.19. The number of carbonyl (C=O) groups excluding carboxylic acids is 2. The highest BCUT2D eigenvalue weighted by molar-refractivity contribution is 6.33. The molecule has 194 valence electrons. The summed E-state index contributed by atoms with van der Waals surface area (Å²) < 4.78 is 5.36. The van der Waals surface area contributed by atoms with Gasteiger partial charge in [0, 0.05) is 67.6 Å². The second kappa shape index (κ2) is 12.6. The molecule has 1 heterocycles. The zero-order valence-electron chi connectivity index (χ0n) is 20.0. The molecule has 0 aliphatic carbocycles. The van der Waals surface area contributed by atoms with Crippen LogP contribution in [0, 0.1) is 20.2 Å². The van der Waals surface area contributed by atoms with Crippen molar-refractivity contribution in [2.75, 3.05) is 26.2 Å². The molecule has 1 fully saturated rings. The lowest BCUT2D eigenvalue weighted by molar-refractivity contribution is -0.385. The Kier molecular flexibility index (Phi) is 10.1. The minimum Gasteiger partial charge on any atom is -0.444 e. The third-order valence-electron chi connectivity index (χ3n) is 4.98. The Morgan fingerprint density at radius 1 is 0.972 bits per heavy atom. The van der Waals surface area contributed by atoms with E-state index < -0.39 is 15.4 Å². The maximum atomic E-state index is 12.0. The van der Waals surface area contributed by atoms with Gasteiger partial charge in [0.2, 0.25) is 0 Å². The lowest BCUT2D eigenvalue weighted by atomic mass is 10.1. The summed E-state index contributed by atoms with van der Waals surface area (Å²) in [5.41, 5.74) is 0.232. The van der Waals surface area contributed by atoms with Crippen LogP contribution in [0.15, 0.2) is 36.4 Å². The molecule has 2 aromatic carbocycles. The van der Waals surface area contributed by atoms with Crippen molar-refractivity contribution < 1.29 is 24.2 Å². The first kappa shape index (κ1) is 29.0. The second-order valence-electron chi connectivity index (χ2n) is 8.86. The summed E-state index contributed by atoms with van der Waals surface area (Å²) in [5.74, 6) is 0. The van der Waals surface area contributed by atoms with E-state index in [0.717, 1.165) is 11.6 Å². The van der Waals surface area contributed by atoms with Gasteiger partial charge in [0.25, 0.3) is 11.4 Å². The summed E-state index contributed by atoms with van der Waals surface area (Å²) in [5, 5.41) is 21.8. The van der Waals surface area contributed by atoms with Gasteiger partial charge in [-0.15, -0.1) is 0 Å². The molecule has 11 nitrogen and oxygen atoms in total. The van der Waals surface area contributed by atoms with Crippen LogP contribution >= 0.6 is 23.2 Å². The third kappa shape index (κ3) is 8.74. The van der Waals surface area contributed by atoms with Crippen LogP contribution < -0.4 is 0 Å². The van der Waals surface area contributed by atoms with E-state index in [-0.39, 0.29) is 28.1 Å². The average molecular weight is 541 g/mol. The molecule has 13 heteroatoms. The second-order valence-corrected chi connectivity index (χ2v) is 9.67. The molecule has 0 unspecified atom stereocenters. The van der Waals surface area contributed by atoms with Gasteiger partial charge in [-0.25, -0.2) is 4.79 Å². The molecular formula is C23H26Cl2N4O7. The van der Waals surface area contributed by atoms with Crippen molar-refractivity contribution in [3.63, 3.8) is 0 Å². The standard InChI is InChI=1S/C16H22ClN3O4.C7H4ClNO3/c1-16(2,3)24-15(21)19-8-6-18(7-9-19)11-12-10-13(20(22)23)4-5-14(12)17;8-7-2-1-6(9(11)12)3-5(7)4-10/h4-5,10H,6-9,11H2,1-3H3;1-4H. The molecule has 0 spiro atoms. The lowest BCUT2D eigenvalue weighted by Crippen LogP contribution is -2.49. The third-order valence-corrected chi connectivity index (χ3v) is 5.69. The van der Waals surface area contributed by atoms with Gasteiger partial charge in [-0.05, 0) is 38.5 Å². The minimum absolute atomic E-state index is 0.0294. The number of nitrogens with zero attached hydrogens (tertiary/aromatic N) is 4. The summed E-state index contributed by atoms with van der Waals surface area (Å²) in [6.07, 6.45) is 0.172. The minimum atomic E-state index is -0.580. The Bertz CT molecular complexity index is 1130. The monoisotopic (exact) mass is 540 g/mol. The molecule has 0 bridgehead atoms. The maximum Gasteiger partial charge on any atom is 0.410 e. The van der Waals surface area contributed by atoms with Crippen LogP contribution in [0.3, 0.4) is 0 Å². The molecule has 36 heavy (non-hydrogen) atoms. The highest BCUT2D eigenvalue weighted by Crippen LogP contribution is 2.24. The van der Waals surface area contributed by atoms with Gasteiger partial charge < -0.3 is 9.64 Å². The molecule has 0 aromatic heterocycles. The molecule has 3 rings (SSSR count). The van der Waals surface area contributed by atoms with Crippen molar-refractivity contribution in [1.82, 2.24) is 9.80 Å². The van der Waals surface area contributed by atoms with E-state index >= 15 is 0 Å². The van der Waals surface area contributed by atoms with Gasteiger partial charge in [0.1, 0.15) is 5.60 Å². The first-order valence-corrected chi connectivity index (χ1v) is 11.6. The number of nitro benzene ring substituents is 2. The van der Waals surface area contributed by atoms with Gasteiger partial charge in [-0.3, -0.25) is 29.9 Å². The van der Waals surface area contributed by atoms with Crippen LogP contribution in [0.25, 0.3) is 0 Å². The summed E-state index contributed by atoms with van der Waals surface area (Å²) in [7, 11) is 0. The van der Waals surface area contributed by atoms with Crippen molar-refractivity contribution in [3.8, 4) is 0 Å². The first-order chi connectivity index (χ1) is 16.8. The van der Waals surface area contributed by atoms with E-state index in [1.165, 1.54) is 24.3 Å². The molecule has 0 N–H and O–H groups in total. The molecule has 0 radical (unpaired) electrons. The Morgan fingerprint density at radius 3 is 2.00 bits per heavy atom. The van der Waals surface area contributed by atoms with Crippen LogP contribution in [0.2, 0.25) is 10.0 Å². The van der Waals surface area contributed by atoms with E-state index in [9.17, 15) is 29.8 Å². The number of halogens is 2. The fraction of sp³-hybridized carbons (Fsp3) is 0.391. The molecule has 1 saturated heterocycles. The van der Waals surface area contributed by atoms with Crippen molar-refractivity contribution in [1.29, 1.82) is 0 Å². The zero-order valence-corrected chi connectivity index (χ0v) is 21.5. The lowest BCUT2D eigenvalue weighted by Gasteiger charge is -2.35. The van der Waals surface area contributed by atoms with Crippen molar-refractivity contribution in [2.24, 2.45) is 0 Å². The SMILES string of the molecule is CC(C)(C)OC(=O)N1CCN(Cc2cc([N+](=O)[O-])ccc2Cl)CC1.O=Cc1cc([N+](=O)[O-])ccc1Cl. The summed E-state index contributed by atoms with van der Waals surface area (Å²) >= 11 is 11.7. The first-order valence-electron chi connectivity index (χ1n) is 10.8. The molecule has 0 saturated carbocycles. The summed E-state index contributed by atoms with van der Waals surface area (Å²) in [4.78, 5) is 46.2. The van der Waals surface area contributed by atoms with Crippen molar-refractivity contribution in [2.45, 2.75) is 32.9 Å². The van der Waals surface area contributed by atoms with Crippen LogP contribution in [-0.2, 0) is 11.3 Å². The number of non-ortho nitro benzene ring substituents is 2. The molecule has 1 aliphatic heterocycles. The number of rotatable bonds is 5.